The molecule has 0 aromatic carbocycles. The first-order valence-electron chi connectivity index (χ1n) is 6.02. The van der Waals surface area contributed by atoms with E-state index in [4.69, 9.17) is 5.26 Å². The van der Waals surface area contributed by atoms with Crippen molar-refractivity contribution >= 4 is 41.3 Å². The predicted octanol–water partition coefficient (Wildman–Crippen LogP) is 0.0000800. The molecule has 2 rings (SSSR count). The average Bonchev–Trinajstić information content (AvgIpc) is 2.45. The van der Waals surface area contributed by atoms with Crippen molar-refractivity contribution in [2.24, 2.45) is 0 Å². The van der Waals surface area contributed by atoms with E-state index < -0.39 is 34.4 Å². The number of nitrogens with zero attached hydrogens (tertiary/aromatic N) is 2. The molecule has 21 heavy (non-hydrogen) atoms. The van der Waals surface area contributed by atoms with Crippen LogP contribution in [0.3, 0.4) is 0 Å². The molecular formula is C12H13N3O4S2. The Bertz CT molecular complexity index is 584. The Morgan fingerprint density at radius 2 is 2.29 bits per heavy atom. The zero-order valence-corrected chi connectivity index (χ0v) is 13.0. The Morgan fingerprint density at radius 1 is 1.62 bits per heavy atom. The van der Waals surface area contributed by atoms with E-state index >= 15 is 0 Å². The molecule has 2 unspecified atom stereocenters. The fourth-order valence-electron chi connectivity index (χ4n) is 2.22. The molecule has 0 aromatic rings. The van der Waals surface area contributed by atoms with Gasteiger partial charge in [-0.15, -0.1) is 23.5 Å². The maximum absolute atomic E-state index is 12.1. The number of carbonyl (C=O) groups is 3. The van der Waals surface area contributed by atoms with Crippen molar-refractivity contribution in [2.75, 3.05) is 12.0 Å². The molecule has 2 amide bonds. The summed E-state index contributed by atoms with van der Waals surface area (Å²) in [4.78, 5) is 36.4. The minimum atomic E-state index is -1.14. The Hall–Kier alpha value is -1.66. The Balaban J connectivity index is 2.13. The second-order valence-corrected chi connectivity index (χ2v) is 6.62. The van der Waals surface area contributed by atoms with Crippen molar-refractivity contribution in [3.63, 3.8) is 0 Å². The quantitative estimate of drug-likeness (QED) is 0.699. The van der Waals surface area contributed by atoms with Gasteiger partial charge < -0.3 is 10.4 Å². The number of hydrogen-bond donors (Lipinski definition) is 2. The molecule has 112 valence electrons. The number of β-lactam (4-membered cyclic amide) rings is 1. The van der Waals surface area contributed by atoms with Crippen molar-refractivity contribution in [3.05, 3.63) is 11.3 Å². The summed E-state index contributed by atoms with van der Waals surface area (Å²) in [7, 11) is 0. The highest BCUT2D eigenvalue weighted by Crippen LogP contribution is 2.40. The molecule has 3 atom stereocenters. The molecule has 0 aliphatic carbocycles. The smallest absolute Gasteiger partial charge is 0.352 e. The zero-order chi connectivity index (χ0) is 15.7. The van der Waals surface area contributed by atoms with E-state index in [2.05, 4.69) is 5.32 Å². The van der Waals surface area contributed by atoms with E-state index in [1.807, 2.05) is 6.07 Å². The molecule has 0 saturated carbocycles. The number of hydrogen-bond acceptors (Lipinski definition) is 6. The van der Waals surface area contributed by atoms with Gasteiger partial charge in [0.1, 0.15) is 17.1 Å². The number of carboxylic acid groups (broad SMARTS) is 1. The third-order valence-electron chi connectivity index (χ3n) is 3.25. The lowest BCUT2D eigenvalue weighted by Crippen LogP contribution is -2.71. The topological polar surface area (TPSA) is 111 Å². The van der Waals surface area contributed by atoms with Crippen LogP contribution in [0.1, 0.15) is 6.92 Å². The molecule has 1 fully saturated rings. The van der Waals surface area contributed by atoms with Gasteiger partial charge in [-0.2, -0.15) is 5.26 Å². The number of amides is 2. The molecular weight excluding hydrogens is 314 g/mol. The molecule has 7 nitrogen and oxygen atoms in total. The van der Waals surface area contributed by atoms with Gasteiger partial charge >= 0.3 is 5.97 Å². The maximum atomic E-state index is 12.1. The number of carbonyl (C=O) groups excluding carboxylic acids is 2. The molecule has 2 aliphatic heterocycles. The van der Waals surface area contributed by atoms with E-state index in [-0.39, 0.29) is 5.70 Å². The number of nitrogens with one attached hydrogen (secondary N) is 1. The van der Waals surface area contributed by atoms with E-state index in [0.717, 1.165) is 11.8 Å². The molecule has 0 aromatic heterocycles. The second-order valence-electron chi connectivity index (χ2n) is 4.57. The molecule has 1 saturated heterocycles. The van der Waals surface area contributed by atoms with Gasteiger partial charge in [-0.1, -0.05) is 0 Å². The van der Waals surface area contributed by atoms with Gasteiger partial charge in [-0.25, -0.2) is 4.79 Å². The molecule has 2 aliphatic rings. The first-order valence-corrected chi connectivity index (χ1v) is 8.36. The summed E-state index contributed by atoms with van der Waals surface area (Å²) in [6, 6.07) is 1.07. The second kappa shape index (κ2) is 5.99. The minimum absolute atomic E-state index is 0.00375. The molecule has 2 N–H and O–H groups in total. The monoisotopic (exact) mass is 327 g/mol. The highest BCUT2D eigenvalue weighted by atomic mass is 32.2. The summed E-state index contributed by atoms with van der Waals surface area (Å²) in [6.45, 7) is 1.67. The van der Waals surface area contributed by atoms with Crippen molar-refractivity contribution in [3.8, 4) is 6.07 Å². The lowest BCUT2D eigenvalue weighted by molar-refractivity contribution is -0.150. The van der Waals surface area contributed by atoms with Crippen LogP contribution in [0.25, 0.3) is 0 Å². The number of rotatable bonds is 4. The fourth-order valence-corrected chi connectivity index (χ4v) is 3.90. The van der Waals surface area contributed by atoms with Crippen LogP contribution in [0, 0.1) is 11.3 Å². The van der Waals surface area contributed by atoms with Crippen molar-refractivity contribution < 1.29 is 19.5 Å². The van der Waals surface area contributed by atoms with Gasteiger partial charge in [0.2, 0.25) is 5.91 Å². The van der Waals surface area contributed by atoms with Gasteiger partial charge in [-0.3, -0.25) is 14.5 Å². The summed E-state index contributed by atoms with van der Waals surface area (Å²) < 4.78 is 0. The van der Waals surface area contributed by atoms with Crippen molar-refractivity contribution in [1.82, 2.24) is 10.2 Å². The first kappa shape index (κ1) is 15.7. The van der Waals surface area contributed by atoms with Crippen molar-refractivity contribution in [1.29, 1.82) is 5.26 Å². The van der Waals surface area contributed by atoms with Crippen LogP contribution < -0.4 is 5.32 Å². The minimum Gasteiger partial charge on any atom is -0.477 e. The largest absolute Gasteiger partial charge is 0.477 e. The third-order valence-corrected chi connectivity index (χ3v) is 5.47. The first-order chi connectivity index (χ1) is 9.92. The van der Waals surface area contributed by atoms with Crippen LogP contribution in [0.5, 0.6) is 0 Å². The standard InChI is InChI=1S/C12H13N3O4S2/c1-5-4-21-11-7(14-9(16)6(3-13)20-2)10(17)15(11)8(5)12(18)19/h6-7,11H,4H2,1-2H3,(H,14,16)(H,18,19)/t6?,7?,11-/m0/s1. The van der Waals surface area contributed by atoms with E-state index in [0.29, 0.717) is 11.3 Å². The average molecular weight is 327 g/mol. The van der Waals surface area contributed by atoms with Gasteiger partial charge in [-0.05, 0) is 18.8 Å². The summed E-state index contributed by atoms with van der Waals surface area (Å²) >= 11 is 2.49. The number of aliphatic carboxylic acids is 1. The van der Waals surface area contributed by atoms with Crippen LogP contribution in [0.2, 0.25) is 0 Å². The third kappa shape index (κ3) is 2.61. The number of fused-ring (bicyclic) bond motifs is 1. The van der Waals surface area contributed by atoms with Gasteiger partial charge in [0.15, 0.2) is 5.25 Å². The molecule has 9 heteroatoms. The highest BCUT2D eigenvalue weighted by molar-refractivity contribution is 8.00. The molecule has 0 radical (unpaired) electrons. The Morgan fingerprint density at radius 3 is 2.81 bits per heavy atom. The lowest BCUT2D eigenvalue weighted by atomic mass is 10.0. The van der Waals surface area contributed by atoms with Crippen LogP contribution in [0.4, 0.5) is 0 Å². The van der Waals surface area contributed by atoms with Crippen LogP contribution in [-0.4, -0.2) is 56.5 Å². The maximum Gasteiger partial charge on any atom is 0.352 e. The predicted molar refractivity (Wildman–Crippen MR) is 78.3 cm³/mol. The summed E-state index contributed by atoms with van der Waals surface area (Å²) in [5, 5.41) is 19.3. The summed E-state index contributed by atoms with van der Waals surface area (Å²) in [5.74, 6) is -1.62. The van der Waals surface area contributed by atoms with E-state index in [9.17, 15) is 19.5 Å². The summed E-state index contributed by atoms with van der Waals surface area (Å²) in [5.41, 5.74) is 0.622. The number of nitriles is 1. The lowest BCUT2D eigenvalue weighted by Gasteiger charge is -2.49. The van der Waals surface area contributed by atoms with Crippen LogP contribution in [-0.2, 0) is 14.4 Å². The van der Waals surface area contributed by atoms with Gasteiger partial charge in [0.25, 0.3) is 5.91 Å². The SMILES string of the molecule is CSC(C#N)C(=O)NC1C(=O)N2C(C(=O)O)=C(C)CS[C@@H]12. The Labute approximate surface area is 129 Å². The highest BCUT2D eigenvalue weighted by Gasteiger charge is 2.53. The molecule has 0 spiro atoms. The summed E-state index contributed by atoms with van der Waals surface area (Å²) in [6.07, 6.45) is 1.63. The van der Waals surface area contributed by atoms with E-state index in [1.165, 1.54) is 16.7 Å². The van der Waals surface area contributed by atoms with Gasteiger partial charge in [0, 0.05) is 5.75 Å². The van der Waals surface area contributed by atoms with Crippen LogP contribution >= 0.6 is 23.5 Å². The normalized spacial score (nSPS) is 25.6. The Kier molecular flexibility index (Phi) is 4.49. The molecule has 0 bridgehead atoms. The number of carboxylic acids is 1. The zero-order valence-electron chi connectivity index (χ0n) is 11.3. The van der Waals surface area contributed by atoms with Gasteiger partial charge in [0.05, 0.1) is 6.07 Å². The number of thioether (sulfide) groups is 2. The molecule has 2 heterocycles. The van der Waals surface area contributed by atoms with E-state index in [1.54, 1.807) is 13.2 Å². The van der Waals surface area contributed by atoms with Crippen LogP contribution in [0.15, 0.2) is 11.3 Å². The van der Waals surface area contributed by atoms with Crippen molar-refractivity contribution in [2.45, 2.75) is 23.6 Å². The fraction of sp³-hybridized carbons (Fsp3) is 0.500.